The lowest BCUT2D eigenvalue weighted by Crippen LogP contribution is -2.47. The van der Waals surface area contributed by atoms with Crippen LogP contribution in [0.5, 0.6) is 0 Å². The summed E-state index contributed by atoms with van der Waals surface area (Å²) in [5, 5.41) is 0. The lowest BCUT2D eigenvalue weighted by atomic mass is 9.70. The second kappa shape index (κ2) is 4.45. The van der Waals surface area contributed by atoms with Gasteiger partial charge in [0.1, 0.15) is 0 Å². The number of rotatable bonds is 2. The van der Waals surface area contributed by atoms with Crippen molar-refractivity contribution in [1.29, 1.82) is 0 Å². The molecule has 1 nitrogen and oxygen atoms in total. The monoisotopic (exact) mass is 210 g/mol. The van der Waals surface area contributed by atoms with Crippen molar-refractivity contribution in [3.8, 4) is 0 Å². The molecule has 0 aromatic heterocycles. The van der Waals surface area contributed by atoms with Crippen molar-refractivity contribution in [2.45, 2.75) is 65.6 Å². The minimum absolute atomic E-state index is 0.582. The number of ether oxygens (including phenoxy) is 1. The summed E-state index contributed by atoms with van der Waals surface area (Å²) >= 11 is 0. The lowest BCUT2D eigenvalue weighted by molar-refractivity contribution is -0.161. The Labute approximate surface area is 94.6 Å². The van der Waals surface area contributed by atoms with Crippen LogP contribution in [0.4, 0.5) is 0 Å². The molecule has 0 spiro atoms. The van der Waals surface area contributed by atoms with E-state index in [-0.39, 0.29) is 0 Å². The first kappa shape index (κ1) is 11.4. The molecular weight excluding hydrogens is 184 g/mol. The molecule has 2 heterocycles. The Morgan fingerprint density at radius 3 is 1.73 bits per heavy atom. The molecule has 0 aliphatic carbocycles. The van der Waals surface area contributed by atoms with Gasteiger partial charge in [0.15, 0.2) is 0 Å². The third-order valence-electron chi connectivity index (χ3n) is 4.54. The predicted octanol–water partition coefficient (Wildman–Crippen LogP) is 3.87. The summed E-state index contributed by atoms with van der Waals surface area (Å²) in [4.78, 5) is 0. The molecule has 0 saturated carbocycles. The van der Waals surface area contributed by atoms with Crippen molar-refractivity contribution in [1.82, 2.24) is 0 Å². The molecular formula is C14H26O. The highest BCUT2D eigenvalue weighted by Crippen LogP contribution is 2.43. The van der Waals surface area contributed by atoms with E-state index in [9.17, 15) is 0 Å². The molecule has 15 heavy (non-hydrogen) atoms. The smallest absolute Gasteiger partial charge is 0.0609 e. The second-order valence-electron chi connectivity index (χ2n) is 6.20. The zero-order valence-corrected chi connectivity index (χ0v) is 10.7. The summed E-state index contributed by atoms with van der Waals surface area (Å²) < 4.78 is 6.27. The molecule has 4 unspecified atom stereocenters. The SMILES string of the molecule is CC(C)C1CC(C(C)C)C2CCCC1O2. The van der Waals surface area contributed by atoms with Gasteiger partial charge in [-0.05, 0) is 49.4 Å². The normalized spacial score (nSPS) is 41.2. The van der Waals surface area contributed by atoms with Crippen LogP contribution in [0.2, 0.25) is 0 Å². The van der Waals surface area contributed by atoms with Gasteiger partial charge in [-0.1, -0.05) is 27.7 Å². The van der Waals surface area contributed by atoms with Crippen LogP contribution in [0, 0.1) is 23.7 Å². The maximum atomic E-state index is 6.27. The first-order valence-electron chi connectivity index (χ1n) is 6.75. The van der Waals surface area contributed by atoms with E-state index in [1.165, 1.54) is 25.7 Å². The molecule has 2 aliphatic heterocycles. The van der Waals surface area contributed by atoms with Crippen LogP contribution < -0.4 is 0 Å². The first-order chi connectivity index (χ1) is 7.09. The summed E-state index contributed by atoms with van der Waals surface area (Å²) in [6, 6.07) is 0. The van der Waals surface area contributed by atoms with Crippen molar-refractivity contribution >= 4 is 0 Å². The standard InChI is InChI=1S/C14H26O/c1-9(2)11-8-12(10(3)4)14-7-5-6-13(11)15-14/h9-14H,5-8H2,1-4H3. The Bertz CT molecular complexity index is 189. The van der Waals surface area contributed by atoms with Crippen molar-refractivity contribution in [3.63, 3.8) is 0 Å². The van der Waals surface area contributed by atoms with Gasteiger partial charge >= 0.3 is 0 Å². The lowest BCUT2D eigenvalue weighted by Gasteiger charge is -2.48. The van der Waals surface area contributed by atoms with Crippen molar-refractivity contribution in [2.75, 3.05) is 0 Å². The fourth-order valence-electron chi connectivity index (χ4n) is 3.53. The zero-order valence-electron chi connectivity index (χ0n) is 10.7. The van der Waals surface area contributed by atoms with E-state index < -0.39 is 0 Å². The third-order valence-corrected chi connectivity index (χ3v) is 4.54. The Kier molecular flexibility index (Phi) is 3.39. The molecule has 0 aromatic rings. The van der Waals surface area contributed by atoms with Gasteiger partial charge in [0.2, 0.25) is 0 Å². The summed E-state index contributed by atoms with van der Waals surface area (Å²) in [5.41, 5.74) is 0. The van der Waals surface area contributed by atoms with Crippen LogP contribution in [0.25, 0.3) is 0 Å². The van der Waals surface area contributed by atoms with E-state index >= 15 is 0 Å². The van der Waals surface area contributed by atoms with Gasteiger partial charge in [-0.2, -0.15) is 0 Å². The molecule has 2 aliphatic rings. The summed E-state index contributed by atoms with van der Waals surface area (Å²) in [5.74, 6) is 3.20. The minimum Gasteiger partial charge on any atom is -0.374 e. The number of fused-ring (bicyclic) bond motifs is 2. The topological polar surface area (TPSA) is 9.23 Å². The molecule has 2 saturated heterocycles. The van der Waals surface area contributed by atoms with Gasteiger partial charge in [-0.3, -0.25) is 0 Å². The first-order valence-corrected chi connectivity index (χ1v) is 6.75. The highest BCUT2D eigenvalue weighted by atomic mass is 16.5. The molecule has 4 atom stereocenters. The van der Waals surface area contributed by atoms with E-state index in [2.05, 4.69) is 27.7 Å². The van der Waals surface area contributed by atoms with Gasteiger partial charge in [0.25, 0.3) is 0 Å². The van der Waals surface area contributed by atoms with Gasteiger partial charge in [0.05, 0.1) is 12.2 Å². The fourth-order valence-corrected chi connectivity index (χ4v) is 3.53. The molecule has 2 rings (SSSR count). The van der Waals surface area contributed by atoms with E-state index in [1.807, 2.05) is 0 Å². The summed E-state index contributed by atoms with van der Waals surface area (Å²) in [7, 11) is 0. The summed E-state index contributed by atoms with van der Waals surface area (Å²) in [6.07, 6.45) is 6.58. The van der Waals surface area contributed by atoms with Gasteiger partial charge in [-0.15, -0.1) is 0 Å². The van der Waals surface area contributed by atoms with E-state index in [1.54, 1.807) is 0 Å². The van der Waals surface area contributed by atoms with E-state index in [0.717, 1.165) is 23.7 Å². The number of hydrogen-bond donors (Lipinski definition) is 0. The Hall–Kier alpha value is -0.0400. The predicted molar refractivity (Wildman–Crippen MR) is 63.8 cm³/mol. The average Bonchev–Trinajstić information content (AvgIpc) is 2.17. The molecule has 0 radical (unpaired) electrons. The van der Waals surface area contributed by atoms with Gasteiger partial charge in [0, 0.05) is 0 Å². The average molecular weight is 210 g/mol. The van der Waals surface area contributed by atoms with Crippen molar-refractivity contribution in [3.05, 3.63) is 0 Å². The van der Waals surface area contributed by atoms with Crippen LogP contribution in [-0.4, -0.2) is 12.2 Å². The minimum atomic E-state index is 0.582. The Balaban J connectivity index is 2.10. The fraction of sp³-hybridized carbons (Fsp3) is 1.00. The summed E-state index contributed by atoms with van der Waals surface area (Å²) in [6.45, 7) is 9.45. The van der Waals surface area contributed by atoms with E-state index in [0.29, 0.717) is 12.2 Å². The molecule has 0 N–H and O–H groups in total. The van der Waals surface area contributed by atoms with Crippen molar-refractivity contribution < 1.29 is 4.74 Å². The van der Waals surface area contributed by atoms with Crippen molar-refractivity contribution in [2.24, 2.45) is 23.7 Å². The van der Waals surface area contributed by atoms with Crippen LogP contribution >= 0.6 is 0 Å². The highest BCUT2D eigenvalue weighted by Gasteiger charge is 2.42. The maximum Gasteiger partial charge on any atom is 0.0609 e. The quantitative estimate of drug-likeness (QED) is 0.672. The van der Waals surface area contributed by atoms with E-state index in [4.69, 9.17) is 4.74 Å². The molecule has 2 fully saturated rings. The third kappa shape index (κ3) is 2.22. The molecule has 88 valence electrons. The van der Waals surface area contributed by atoms with Gasteiger partial charge < -0.3 is 4.74 Å². The Morgan fingerprint density at radius 2 is 1.33 bits per heavy atom. The van der Waals surface area contributed by atoms with Crippen LogP contribution in [0.3, 0.4) is 0 Å². The second-order valence-corrected chi connectivity index (χ2v) is 6.20. The molecule has 2 bridgehead atoms. The number of hydrogen-bond acceptors (Lipinski definition) is 1. The zero-order chi connectivity index (χ0) is 11.0. The molecule has 0 amide bonds. The van der Waals surface area contributed by atoms with Crippen LogP contribution in [0.15, 0.2) is 0 Å². The molecule has 1 heteroatoms. The van der Waals surface area contributed by atoms with Gasteiger partial charge in [-0.25, -0.2) is 0 Å². The largest absolute Gasteiger partial charge is 0.374 e. The van der Waals surface area contributed by atoms with Crippen LogP contribution in [-0.2, 0) is 4.74 Å². The highest BCUT2D eigenvalue weighted by molar-refractivity contribution is 4.90. The maximum absolute atomic E-state index is 6.27. The molecule has 0 aromatic carbocycles. The Morgan fingerprint density at radius 1 is 0.867 bits per heavy atom. The van der Waals surface area contributed by atoms with Crippen LogP contribution in [0.1, 0.15) is 53.4 Å².